The van der Waals surface area contributed by atoms with Crippen LogP contribution in [-0.4, -0.2) is 35.1 Å². The number of carboxylic acids is 1. The topological polar surface area (TPSA) is 53.4 Å². The molecule has 1 fully saturated rings. The molecule has 0 atom stereocenters. The fourth-order valence-electron chi connectivity index (χ4n) is 1.96. The van der Waals surface area contributed by atoms with Crippen molar-refractivity contribution in [2.75, 3.05) is 18.0 Å². The van der Waals surface area contributed by atoms with Crippen molar-refractivity contribution >= 4 is 11.8 Å². The number of aryl methyl sites for hydroxylation is 1. The Labute approximate surface area is 111 Å². The molecule has 0 radical (unpaired) electrons. The van der Waals surface area contributed by atoms with Crippen LogP contribution in [0.3, 0.4) is 0 Å². The fraction of sp³-hybridized carbons (Fsp3) is 0.538. The maximum Gasteiger partial charge on any atom is 0.339 e. The first-order chi connectivity index (χ1) is 8.91. The lowest BCUT2D eigenvalue weighted by Gasteiger charge is -2.19. The lowest BCUT2D eigenvalue weighted by atomic mass is 10.1. The van der Waals surface area contributed by atoms with Crippen LogP contribution in [0.1, 0.15) is 36.2 Å². The standard InChI is InChI=1S/C11H12F2N2O2.C2H6/c1-7-2-4-14-9(8(7)10(16)17)15-5-3-11(12,13)6-15;1-2/h2,4H,3,5-6H2,1H3,(H,16,17);1-2H3. The van der Waals surface area contributed by atoms with Gasteiger partial charge in [-0.15, -0.1) is 0 Å². The van der Waals surface area contributed by atoms with Gasteiger partial charge in [-0.1, -0.05) is 13.8 Å². The predicted molar refractivity (Wildman–Crippen MR) is 69.1 cm³/mol. The zero-order valence-electron chi connectivity index (χ0n) is 11.3. The quantitative estimate of drug-likeness (QED) is 0.899. The lowest BCUT2D eigenvalue weighted by molar-refractivity contribution is 0.0256. The SMILES string of the molecule is CC.Cc1ccnc(N2CCC(F)(F)C2)c1C(=O)O. The van der Waals surface area contributed by atoms with Crippen LogP contribution in [-0.2, 0) is 0 Å². The predicted octanol–water partition coefficient (Wildman–Crippen LogP) is 2.96. The number of alkyl halides is 2. The van der Waals surface area contributed by atoms with Crippen molar-refractivity contribution in [3.05, 3.63) is 23.4 Å². The number of aromatic carboxylic acids is 1. The summed E-state index contributed by atoms with van der Waals surface area (Å²) < 4.78 is 26.2. The summed E-state index contributed by atoms with van der Waals surface area (Å²) in [6.45, 7) is 5.29. The molecular weight excluding hydrogens is 254 g/mol. The van der Waals surface area contributed by atoms with Gasteiger partial charge >= 0.3 is 5.97 Å². The third kappa shape index (κ3) is 3.39. The van der Waals surface area contributed by atoms with E-state index in [1.807, 2.05) is 13.8 Å². The van der Waals surface area contributed by atoms with Crippen molar-refractivity contribution in [1.82, 2.24) is 4.98 Å². The first-order valence-electron chi connectivity index (χ1n) is 6.22. The van der Waals surface area contributed by atoms with E-state index in [1.54, 1.807) is 13.0 Å². The molecule has 2 heterocycles. The molecule has 0 bridgehead atoms. The number of carbonyl (C=O) groups is 1. The van der Waals surface area contributed by atoms with Gasteiger partial charge in [-0.05, 0) is 18.6 Å². The van der Waals surface area contributed by atoms with Gasteiger partial charge in [0.1, 0.15) is 11.4 Å². The molecule has 4 nitrogen and oxygen atoms in total. The summed E-state index contributed by atoms with van der Waals surface area (Å²) in [7, 11) is 0. The summed E-state index contributed by atoms with van der Waals surface area (Å²) in [5.41, 5.74) is 0.530. The minimum atomic E-state index is -2.76. The Bertz CT molecular complexity index is 464. The second-order valence-electron chi connectivity index (χ2n) is 4.16. The number of aromatic nitrogens is 1. The first-order valence-corrected chi connectivity index (χ1v) is 6.22. The first kappa shape index (κ1) is 15.3. The van der Waals surface area contributed by atoms with E-state index in [9.17, 15) is 13.6 Å². The summed E-state index contributed by atoms with van der Waals surface area (Å²) >= 11 is 0. The van der Waals surface area contributed by atoms with Crippen molar-refractivity contribution < 1.29 is 18.7 Å². The van der Waals surface area contributed by atoms with Crippen LogP contribution in [0, 0.1) is 6.92 Å². The van der Waals surface area contributed by atoms with Gasteiger partial charge in [-0.3, -0.25) is 0 Å². The normalized spacial score (nSPS) is 16.8. The summed E-state index contributed by atoms with van der Waals surface area (Å²) in [4.78, 5) is 16.4. The molecule has 0 aliphatic carbocycles. The number of rotatable bonds is 2. The highest BCUT2D eigenvalue weighted by molar-refractivity contribution is 5.95. The van der Waals surface area contributed by atoms with Crippen molar-refractivity contribution in [2.45, 2.75) is 33.1 Å². The number of halogens is 2. The molecule has 2 rings (SSSR count). The molecule has 1 aromatic rings. The molecule has 0 unspecified atom stereocenters. The highest BCUT2D eigenvalue weighted by Gasteiger charge is 2.40. The van der Waals surface area contributed by atoms with Gasteiger partial charge in [0, 0.05) is 19.2 Å². The molecule has 0 amide bonds. The highest BCUT2D eigenvalue weighted by atomic mass is 19.3. The monoisotopic (exact) mass is 272 g/mol. The van der Waals surface area contributed by atoms with Gasteiger partial charge in [0.2, 0.25) is 0 Å². The lowest BCUT2D eigenvalue weighted by Crippen LogP contribution is -2.27. The van der Waals surface area contributed by atoms with Gasteiger partial charge in [-0.2, -0.15) is 0 Å². The van der Waals surface area contributed by atoms with Gasteiger partial charge in [0.05, 0.1) is 6.54 Å². The van der Waals surface area contributed by atoms with Crippen LogP contribution in [0.15, 0.2) is 12.3 Å². The van der Waals surface area contributed by atoms with Crippen LogP contribution in [0.25, 0.3) is 0 Å². The number of hydrogen-bond acceptors (Lipinski definition) is 3. The van der Waals surface area contributed by atoms with Crippen LogP contribution < -0.4 is 4.90 Å². The maximum atomic E-state index is 13.1. The van der Waals surface area contributed by atoms with E-state index in [2.05, 4.69) is 4.98 Å². The van der Waals surface area contributed by atoms with E-state index in [0.717, 1.165) is 0 Å². The maximum absolute atomic E-state index is 13.1. The van der Waals surface area contributed by atoms with Crippen LogP contribution >= 0.6 is 0 Å². The molecule has 1 aromatic heterocycles. The molecule has 1 aliphatic rings. The zero-order chi connectivity index (χ0) is 14.6. The van der Waals surface area contributed by atoms with E-state index < -0.39 is 18.4 Å². The van der Waals surface area contributed by atoms with E-state index >= 15 is 0 Å². The molecule has 0 spiro atoms. The smallest absolute Gasteiger partial charge is 0.339 e. The number of pyridine rings is 1. The van der Waals surface area contributed by atoms with Crippen LogP contribution in [0.4, 0.5) is 14.6 Å². The third-order valence-electron chi connectivity index (χ3n) is 2.82. The van der Waals surface area contributed by atoms with Gasteiger partial charge < -0.3 is 10.0 Å². The molecule has 19 heavy (non-hydrogen) atoms. The Kier molecular flexibility index (Phi) is 4.80. The average molecular weight is 272 g/mol. The van der Waals surface area contributed by atoms with Crippen LogP contribution in [0.2, 0.25) is 0 Å². The van der Waals surface area contributed by atoms with E-state index in [-0.39, 0.29) is 24.3 Å². The molecule has 106 valence electrons. The molecule has 6 heteroatoms. The van der Waals surface area contributed by atoms with Gasteiger partial charge in [0.25, 0.3) is 5.92 Å². The largest absolute Gasteiger partial charge is 0.478 e. The Morgan fingerprint density at radius 3 is 2.58 bits per heavy atom. The number of nitrogens with zero attached hydrogens (tertiary/aromatic N) is 2. The van der Waals surface area contributed by atoms with Crippen LogP contribution in [0.5, 0.6) is 0 Å². The molecule has 1 aliphatic heterocycles. The third-order valence-corrected chi connectivity index (χ3v) is 2.82. The second-order valence-corrected chi connectivity index (χ2v) is 4.16. The number of hydrogen-bond donors (Lipinski definition) is 1. The van der Waals surface area contributed by atoms with Crippen molar-refractivity contribution in [2.24, 2.45) is 0 Å². The van der Waals surface area contributed by atoms with Crippen molar-refractivity contribution in [3.8, 4) is 0 Å². The Balaban J connectivity index is 0.000000861. The zero-order valence-corrected chi connectivity index (χ0v) is 11.3. The number of carboxylic acid groups (broad SMARTS) is 1. The van der Waals surface area contributed by atoms with Gasteiger partial charge in [0.15, 0.2) is 0 Å². The van der Waals surface area contributed by atoms with Crippen molar-refractivity contribution in [3.63, 3.8) is 0 Å². The summed E-state index contributed by atoms with van der Waals surface area (Å²) in [5.74, 6) is -3.77. The van der Waals surface area contributed by atoms with Gasteiger partial charge in [-0.25, -0.2) is 18.6 Å². The Morgan fingerprint density at radius 1 is 1.47 bits per heavy atom. The average Bonchev–Trinajstić information content (AvgIpc) is 2.71. The van der Waals surface area contributed by atoms with E-state index in [1.165, 1.54) is 11.1 Å². The molecule has 1 N–H and O–H groups in total. The molecule has 1 saturated heterocycles. The molecule has 0 saturated carbocycles. The summed E-state index contributed by atoms with van der Waals surface area (Å²) in [6, 6.07) is 1.56. The number of anilines is 1. The highest BCUT2D eigenvalue weighted by Crippen LogP contribution is 2.32. The molecule has 0 aromatic carbocycles. The Hall–Kier alpha value is -1.72. The second kappa shape index (κ2) is 5.95. The van der Waals surface area contributed by atoms with E-state index in [4.69, 9.17) is 5.11 Å². The van der Waals surface area contributed by atoms with E-state index in [0.29, 0.717) is 5.56 Å². The summed E-state index contributed by atoms with van der Waals surface area (Å²) in [5, 5.41) is 9.08. The molecular formula is C13H18F2N2O2. The Morgan fingerprint density at radius 2 is 2.11 bits per heavy atom. The minimum absolute atomic E-state index is 0.00481. The minimum Gasteiger partial charge on any atom is -0.478 e. The summed E-state index contributed by atoms with van der Waals surface area (Å²) in [6.07, 6.45) is 1.18. The fourth-order valence-corrected chi connectivity index (χ4v) is 1.96. The van der Waals surface area contributed by atoms with Crippen molar-refractivity contribution in [1.29, 1.82) is 0 Å².